The van der Waals surface area contributed by atoms with Crippen LogP contribution >= 0.6 is 0 Å². The topological polar surface area (TPSA) is 69.7 Å². The molecule has 172 valence electrons. The van der Waals surface area contributed by atoms with Gasteiger partial charge in [0, 0.05) is 19.1 Å². The Bertz CT molecular complexity index is 952. The molecule has 1 atom stereocenters. The van der Waals surface area contributed by atoms with E-state index in [1.54, 1.807) is 0 Å². The Morgan fingerprint density at radius 1 is 1.19 bits per heavy atom. The van der Waals surface area contributed by atoms with Gasteiger partial charge in [0.2, 0.25) is 15.9 Å². The highest BCUT2D eigenvalue weighted by Crippen LogP contribution is 2.42. The lowest BCUT2D eigenvalue weighted by molar-refractivity contribution is -0.137. The summed E-state index contributed by atoms with van der Waals surface area (Å²) in [6, 6.07) is 3.79. The average Bonchev–Trinajstić information content (AvgIpc) is 3.48. The maximum Gasteiger partial charge on any atom is 0.416 e. The highest BCUT2D eigenvalue weighted by molar-refractivity contribution is 7.89. The molecule has 1 aromatic carbocycles. The van der Waals surface area contributed by atoms with E-state index in [-0.39, 0.29) is 36.0 Å². The van der Waals surface area contributed by atoms with Crippen molar-refractivity contribution >= 4 is 15.9 Å². The third kappa shape index (κ3) is 4.21. The smallest absolute Gasteiger partial charge is 0.320 e. The first-order valence-corrected chi connectivity index (χ1v) is 12.2. The summed E-state index contributed by atoms with van der Waals surface area (Å²) in [7, 11) is -4.06. The average molecular weight is 460 g/mol. The molecular weight excluding hydrogens is 431 g/mol. The number of nitrogens with one attached hydrogen (secondary N) is 1. The Balaban J connectivity index is 1.53. The number of amides is 1. The molecule has 3 aliphatic rings. The van der Waals surface area contributed by atoms with Crippen molar-refractivity contribution in [3.05, 3.63) is 29.8 Å². The zero-order valence-corrected chi connectivity index (χ0v) is 18.5. The van der Waals surface area contributed by atoms with Crippen molar-refractivity contribution in [2.75, 3.05) is 13.1 Å². The number of carbonyl (C=O) groups is 1. The molecule has 1 aromatic rings. The number of benzene rings is 1. The normalized spacial score (nSPS) is 25.0. The first-order valence-electron chi connectivity index (χ1n) is 10.7. The number of sulfonamides is 1. The van der Waals surface area contributed by atoms with Gasteiger partial charge < -0.3 is 4.90 Å². The fourth-order valence-corrected chi connectivity index (χ4v) is 6.28. The number of alkyl halides is 3. The molecule has 2 saturated heterocycles. The summed E-state index contributed by atoms with van der Waals surface area (Å²) in [4.78, 5) is 14.6. The van der Waals surface area contributed by atoms with Gasteiger partial charge in [-0.3, -0.25) is 10.1 Å². The summed E-state index contributed by atoms with van der Waals surface area (Å²) in [5.41, 5.74) is -1.56. The van der Waals surface area contributed by atoms with Gasteiger partial charge >= 0.3 is 6.18 Å². The van der Waals surface area contributed by atoms with Crippen molar-refractivity contribution < 1.29 is 26.4 Å². The summed E-state index contributed by atoms with van der Waals surface area (Å²) in [6.07, 6.45) is -1.15. The van der Waals surface area contributed by atoms with Gasteiger partial charge in [-0.25, -0.2) is 8.42 Å². The summed E-state index contributed by atoms with van der Waals surface area (Å²) >= 11 is 0. The minimum atomic E-state index is -4.61. The summed E-state index contributed by atoms with van der Waals surface area (Å²) < 4.78 is 66.4. The molecule has 10 heteroatoms. The van der Waals surface area contributed by atoms with Crippen molar-refractivity contribution in [3.8, 4) is 0 Å². The van der Waals surface area contributed by atoms with Crippen LogP contribution in [0.2, 0.25) is 0 Å². The van der Waals surface area contributed by atoms with E-state index < -0.39 is 27.4 Å². The fraction of sp³-hybridized carbons (Fsp3) is 0.667. The van der Waals surface area contributed by atoms with Crippen molar-refractivity contribution in [1.82, 2.24) is 14.5 Å². The molecule has 31 heavy (non-hydrogen) atoms. The van der Waals surface area contributed by atoms with E-state index in [2.05, 4.69) is 19.2 Å². The summed E-state index contributed by atoms with van der Waals surface area (Å²) in [5, 5.41) is 3.51. The molecule has 0 aromatic heterocycles. The van der Waals surface area contributed by atoms with Crippen LogP contribution in [0.5, 0.6) is 0 Å². The maximum atomic E-state index is 13.1. The molecule has 2 aliphatic heterocycles. The molecule has 1 amide bonds. The van der Waals surface area contributed by atoms with Gasteiger partial charge in [-0.1, -0.05) is 19.9 Å². The van der Waals surface area contributed by atoms with Crippen LogP contribution in [0.4, 0.5) is 13.2 Å². The predicted molar refractivity (Wildman–Crippen MR) is 108 cm³/mol. The van der Waals surface area contributed by atoms with E-state index in [1.165, 1.54) is 10.4 Å². The molecule has 0 unspecified atom stereocenters. The highest BCUT2D eigenvalue weighted by Gasteiger charge is 2.56. The molecular formula is C21H28F3N3O3S. The molecule has 0 bridgehead atoms. The largest absolute Gasteiger partial charge is 0.416 e. The van der Waals surface area contributed by atoms with E-state index >= 15 is 0 Å². The Kier molecular flexibility index (Phi) is 5.63. The van der Waals surface area contributed by atoms with Crippen LogP contribution in [0.3, 0.4) is 0 Å². The van der Waals surface area contributed by atoms with Crippen LogP contribution in [0.1, 0.15) is 51.5 Å². The van der Waals surface area contributed by atoms with Crippen molar-refractivity contribution in [2.45, 2.75) is 74.8 Å². The van der Waals surface area contributed by atoms with E-state index in [0.29, 0.717) is 24.8 Å². The lowest BCUT2D eigenvalue weighted by Crippen LogP contribution is -2.60. The van der Waals surface area contributed by atoms with Crippen LogP contribution in [-0.4, -0.2) is 54.4 Å². The lowest BCUT2D eigenvalue weighted by atomic mass is 9.97. The van der Waals surface area contributed by atoms with Crippen LogP contribution in [0.25, 0.3) is 0 Å². The third-order valence-corrected chi connectivity index (χ3v) is 8.30. The monoisotopic (exact) mass is 459 g/mol. The summed E-state index contributed by atoms with van der Waals surface area (Å²) in [6.45, 7) is 4.42. The number of carbonyl (C=O) groups excluding carboxylic acids is 1. The SMILES string of the molecule is CC(C)C[C@@H]1NC2(CCN(S(=O)(=O)c3cccc(C(F)(F)F)c3)CC2)N(C2CC2)C1=O. The van der Waals surface area contributed by atoms with E-state index in [0.717, 1.165) is 31.4 Å². The van der Waals surface area contributed by atoms with Gasteiger partial charge in [-0.15, -0.1) is 0 Å². The van der Waals surface area contributed by atoms with Gasteiger partial charge in [0.15, 0.2) is 0 Å². The van der Waals surface area contributed by atoms with E-state index in [9.17, 15) is 26.4 Å². The van der Waals surface area contributed by atoms with Crippen molar-refractivity contribution in [2.24, 2.45) is 5.92 Å². The molecule has 1 saturated carbocycles. The van der Waals surface area contributed by atoms with Crippen molar-refractivity contribution in [1.29, 1.82) is 0 Å². The zero-order valence-electron chi connectivity index (χ0n) is 17.7. The Hall–Kier alpha value is -1.65. The number of hydrogen-bond donors (Lipinski definition) is 1. The van der Waals surface area contributed by atoms with E-state index in [1.807, 2.05) is 4.90 Å². The summed E-state index contributed by atoms with van der Waals surface area (Å²) in [5.74, 6) is 0.435. The number of piperidine rings is 1. The standard InChI is InChI=1S/C21H28F3N3O3S/c1-14(2)12-18-19(28)27(16-6-7-16)20(25-18)8-10-26(11-9-20)31(29,30)17-5-3-4-15(13-17)21(22,23)24/h3-5,13-14,16,18,25H,6-12H2,1-2H3/t18-/m0/s1. The van der Waals surface area contributed by atoms with Crippen LogP contribution in [0, 0.1) is 5.92 Å². The Labute approximate surface area is 180 Å². The zero-order chi connectivity index (χ0) is 22.6. The van der Waals surface area contributed by atoms with Crippen LogP contribution in [0.15, 0.2) is 29.2 Å². The second-order valence-corrected chi connectivity index (χ2v) is 11.2. The predicted octanol–water partition coefficient (Wildman–Crippen LogP) is 3.20. The minimum absolute atomic E-state index is 0.0883. The fourth-order valence-electron chi connectivity index (χ4n) is 4.79. The number of nitrogens with zero attached hydrogens (tertiary/aromatic N) is 2. The Morgan fingerprint density at radius 3 is 2.39 bits per heavy atom. The third-order valence-electron chi connectivity index (χ3n) is 6.41. The molecule has 3 fully saturated rings. The van der Waals surface area contributed by atoms with Gasteiger partial charge in [0.1, 0.15) is 0 Å². The van der Waals surface area contributed by atoms with Crippen molar-refractivity contribution in [3.63, 3.8) is 0 Å². The number of halogens is 3. The first-order chi connectivity index (χ1) is 14.4. The molecule has 1 N–H and O–H groups in total. The maximum absolute atomic E-state index is 13.1. The number of rotatable bonds is 5. The van der Waals surface area contributed by atoms with Gasteiger partial charge in [0.05, 0.1) is 22.2 Å². The van der Waals surface area contributed by atoms with Gasteiger partial charge in [-0.05, 0) is 56.2 Å². The minimum Gasteiger partial charge on any atom is -0.320 e. The van der Waals surface area contributed by atoms with Crippen LogP contribution in [-0.2, 0) is 21.0 Å². The second kappa shape index (κ2) is 7.74. The molecule has 0 radical (unpaired) electrons. The highest BCUT2D eigenvalue weighted by atomic mass is 32.2. The number of hydrogen-bond acceptors (Lipinski definition) is 4. The van der Waals surface area contributed by atoms with E-state index in [4.69, 9.17) is 0 Å². The Morgan fingerprint density at radius 2 is 1.84 bits per heavy atom. The quantitative estimate of drug-likeness (QED) is 0.734. The second-order valence-electron chi connectivity index (χ2n) is 9.23. The van der Waals surface area contributed by atoms with Gasteiger partial charge in [-0.2, -0.15) is 17.5 Å². The van der Waals surface area contributed by atoms with Gasteiger partial charge in [0.25, 0.3) is 0 Å². The van der Waals surface area contributed by atoms with Crippen LogP contribution < -0.4 is 5.32 Å². The molecule has 1 spiro atoms. The molecule has 2 heterocycles. The molecule has 6 nitrogen and oxygen atoms in total. The lowest BCUT2D eigenvalue weighted by Gasteiger charge is -2.44. The molecule has 4 rings (SSSR count). The first kappa shape index (κ1) is 22.5. The molecule has 1 aliphatic carbocycles.